The summed E-state index contributed by atoms with van der Waals surface area (Å²) in [5.74, 6) is 0.151. The molecule has 3 aromatic rings. The highest BCUT2D eigenvalue weighted by molar-refractivity contribution is 6.08. The van der Waals surface area contributed by atoms with Crippen molar-refractivity contribution in [3.05, 3.63) is 59.8 Å². The molecule has 0 saturated carbocycles. The number of pyridine rings is 1. The van der Waals surface area contributed by atoms with Crippen LogP contribution in [0.15, 0.2) is 48.7 Å². The number of benzene rings is 2. The Balaban J connectivity index is 2.03. The molecular formula is C25H31N3O. The van der Waals surface area contributed by atoms with Crippen molar-refractivity contribution < 1.29 is 4.79 Å². The van der Waals surface area contributed by atoms with E-state index in [1.807, 2.05) is 13.0 Å². The highest BCUT2D eigenvalue weighted by atomic mass is 16.1. The molecule has 0 aliphatic heterocycles. The van der Waals surface area contributed by atoms with Gasteiger partial charge in [-0.15, -0.1) is 0 Å². The van der Waals surface area contributed by atoms with Crippen LogP contribution in [0.2, 0.25) is 0 Å². The number of carbonyl (C=O) groups is 1. The summed E-state index contributed by atoms with van der Waals surface area (Å²) in [6.07, 6.45) is 4.12. The fourth-order valence-corrected chi connectivity index (χ4v) is 3.49. The average molecular weight is 390 g/mol. The Morgan fingerprint density at radius 2 is 1.79 bits per heavy atom. The maximum absolute atomic E-state index is 12.8. The Bertz CT molecular complexity index is 977. The lowest BCUT2D eigenvalue weighted by atomic mass is 9.98. The molecule has 4 nitrogen and oxygen atoms in total. The van der Waals surface area contributed by atoms with Crippen LogP contribution in [0.3, 0.4) is 0 Å². The minimum Gasteiger partial charge on any atom is -0.384 e. The molecular weight excluding hydrogens is 358 g/mol. The standard InChI is InChI=1S/C25H31N3O/c1-5-7-24(29)22-17-27-23-13-12-20(19-10-8-18(2)9-11-19)16-21(23)25(22)26-14-6-15-28(3)4/h8-13,16-17H,5-7,14-15H2,1-4H3,(H,26,27). The molecule has 0 atom stereocenters. The first-order valence-corrected chi connectivity index (χ1v) is 10.4. The quantitative estimate of drug-likeness (QED) is 0.385. The monoisotopic (exact) mass is 389 g/mol. The zero-order valence-corrected chi connectivity index (χ0v) is 18.0. The summed E-state index contributed by atoms with van der Waals surface area (Å²) in [6.45, 7) is 5.95. The van der Waals surface area contributed by atoms with Crippen molar-refractivity contribution in [1.82, 2.24) is 9.88 Å². The minimum absolute atomic E-state index is 0.151. The van der Waals surface area contributed by atoms with E-state index in [2.05, 4.69) is 72.6 Å². The molecule has 0 saturated heterocycles. The molecule has 152 valence electrons. The van der Waals surface area contributed by atoms with E-state index in [-0.39, 0.29) is 5.78 Å². The second-order valence-electron chi connectivity index (χ2n) is 7.90. The molecule has 1 aromatic heterocycles. The highest BCUT2D eigenvalue weighted by Crippen LogP contribution is 2.31. The van der Waals surface area contributed by atoms with Crippen LogP contribution in [-0.4, -0.2) is 42.9 Å². The first-order chi connectivity index (χ1) is 14.0. The Labute approximate surface area is 174 Å². The summed E-state index contributed by atoms with van der Waals surface area (Å²) >= 11 is 0. The molecule has 0 amide bonds. The van der Waals surface area contributed by atoms with Gasteiger partial charge in [0.15, 0.2) is 5.78 Å². The number of hydrogen-bond acceptors (Lipinski definition) is 4. The average Bonchev–Trinajstić information content (AvgIpc) is 2.71. The lowest BCUT2D eigenvalue weighted by Gasteiger charge is -2.16. The Hall–Kier alpha value is -2.72. The van der Waals surface area contributed by atoms with Gasteiger partial charge in [0, 0.05) is 24.5 Å². The first kappa shape index (κ1) is 21.0. The molecule has 1 N–H and O–H groups in total. The van der Waals surface area contributed by atoms with Crippen molar-refractivity contribution in [2.75, 3.05) is 32.5 Å². The molecule has 0 aliphatic carbocycles. The largest absolute Gasteiger partial charge is 0.384 e. The molecule has 2 aromatic carbocycles. The van der Waals surface area contributed by atoms with Gasteiger partial charge in [-0.1, -0.05) is 42.8 Å². The van der Waals surface area contributed by atoms with Gasteiger partial charge in [0.05, 0.1) is 16.8 Å². The Morgan fingerprint density at radius 1 is 1.07 bits per heavy atom. The van der Waals surface area contributed by atoms with Gasteiger partial charge in [-0.05, 0) is 63.7 Å². The summed E-state index contributed by atoms with van der Waals surface area (Å²) in [4.78, 5) is 19.5. The molecule has 0 bridgehead atoms. The van der Waals surface area contributed by atoms with Crippen LogP contribution in [0.1, 0.15) is 42.1 Å². The van der Waals surface area contributed by atoms with E-state index in [1.165, 1.54) is 11.1 Å². The zero-order valence-electron chi connectivity index (χ0n) is 18.0. The third-order valence-electron chi connectivity index (χ3n) is 5.11. The maximum Gasteiger partial charge on any atom is 0.166 e. The van der Waals surface area contributed by atoms with E-state index in [0.29, 0.717) is 12.0 Å². The number of fused-ring (bicyclic) bond motifs is 1. The van der Waals surface area contributed by atoms with Gasteiger partial charge in [0.2, 0.25) is 0 Å². The summed E-state index contributed by atoms with van der Waals surface area (Å²) in [5, 5.41) is 4.56. The number of aryl methyl sites for hydroxylation is 1. The first-order valence-electron chi connectivity index (χ1n) is 10.4. The molecule has 4 heteroatoms. The van der Waals surface area contributed by atoms with Crippen LogP contribution in [-0.2, 0) is 0 Å². The Kier molecular flexibility index (Phi) is 6.99. The van der Waals surface area contributed by atoms with Crippen LogP contribution in [0.25, 0.3) is 22.0 Å². The highest BCUT2D eigenvalue weighted by Gasteiger charge is 2.15. The fourth-order valence-electron chi connectivity index (χ4n) is 3.49. The predicted octanol–water partition coefficient (Wildman–Crippen LogP) is 5.56. The SMILES string of the molecule is CCCC(=O)c1cnc2ccc(-c3ccc(C)cc3)cc2c1NCCCN(C)C. The fraction of sp³-hybridized carbons (Fsp3) is 0.360. The van der Waals surface area contributed by atoms with E-state index < -0.39 is 0 Å². The maximum atomic E-state index is 12.8. The molecule has 1 heterocycles. The van der Waals surface area contributed by atoms with Crippen LogP contribution < -0.4 is 5.32 Å². The van der Waals surface area contributed by atoms with Crippen LogP contribution in [0, 0.1) is 6.92 Å². The number of rotatable bonds is 9. The molecule has 0 spiro atoms. The van der Waals surface area contributed by atoms with Gasteiger partial charge in [0.25, 0.3) is 0 Å². The normalized spacial score (nSPS) is 11.2. The number of nitrogens with one attached hydrogen (secondary N) is 1. The zero-order chi connectivity index (χ0) is 20.8. The molecule has 0 radical (unpaired) electrons. The summed E-state index contributed by atoms with van der Waals surface area (Å²) in [5.41, 5.74) is 6.07. The molecule has 0 unspecified atom stereocenters. The Morgan fingerprint density at radius 3 is 2.48 bits per heavy atom. The van der Waals surface area contributed by atoms with Gasteiger partial charge in [0.1, 0.15) is 0 Å². The second kappa shape index (κ2) is 9.66. The van der Waals surface area contributed by atoms with Gasteiger partial charge >= 0.3 is 0 Å². The summed E-state index contributed by atoms with van der Waals surface area (Å²) in [7, 11) is 4.15. The van der Waals surface area contributed by atoms with E-state index in [9.17, 15) is 4.79 Å². The number of carbonyl (C=O) groups excluding carboxylic acids is 1. The van der Waals surface area contributed by atoms with Crippen molar-refractivity contribution in [3.8, 4) is 11.1 Å². The van der Waals surface area contributed by atoms with Crippen molar-refractivity contribution in [2.24, 2.45) is 0 Å². The van der Waals surface area contributed by atoms with Crippen molar-refractivity contribution >= 4 is 22.4 Å². The third kappa shape index (κ3) is 5.21. The molecule has 0 fully saturated rings. The van der Waals surface area contributed by atoms with E-state index in [4.69, 9.17) is 0 Å². The van der Waals surface area contributed by atoms with Gasteiger partial charge in [-0.2, -0.15) is 0 Å². The van der Waals surface area contributed by atoms with Crippen LogP contribution >= 0.6 is 0 Å². The van der Waals surface area contributed by atoms with E-state index in [0.717, 1.165) is 48.1 Å². The van der Waals surface area contributed by atoms with Crippen LogP contribution in [0.5, 0.6) is 0 Å². The number of hydrogen-bond donors (Lipinski definition) is 1. The van der Waals surface area contributed by atoms with E-state index in [1.54, 1.807) is 6.20 Å². The number of aromatic nitrogens is 1. The lowest BCUT2D eigenvalue weighted by Crippen LogP contribution is -2.17. The van der Waals surface area contributed by atoms with Crippen molar-refractivity contribution in [3.63, 3.8) is 0 Å². The van der Waals surface area contributed by atoms with Crippen LogP contribution in [0.4, 0.5) is 5.69 Å². The lowest BCUT2D eigenvalue weighted by molar-refractivity contribution is 0.0982. The van der Waals surface area contributed by atoms with E-state index >= 15 is 0 Å². The number of Topliss-reactive ketones (excluding diaryl/α,β-unsaturated/α-hetero) is 1. The van der Waals surface area contributed by atoms with Crippen molar-refractivity contribution in [1.29, 1.82) is 0 Å². The number of nitrogens with zero attached hydrogens (tertiary/aromatic N) is 2. The molecule has 0 aliphatic rings. The third-order valence-corrected chi connectivity index (χ3v) is 5.11. The summed E-state index contributed by atoms with van der Waals surface area (Å²) in [6, 6.07) is 14.8. The van der Waals surface area contributed by atoms with Gasteiger partial charge < -0.3 is 10.2 Å². The predicted molar refractivity (Wildman–Crippen MR) is 123 cm³/mol. The number of anilines is 1. The number of ketones is 1. The summed E-state index contributed by atoms with van der Waals surface area (Å²) < 4.78 is 0. The topological polar surface area (TPSA) is 45.2 Å². The van der Waals surface area contributed by atoms with Gasteiger partial charge in [-0.3, -0.25) is 9.78 Å². The van der Waals surface area contributed by atoms with Gasteiger partial charge in [-0.25, -0.2) is 0 Å². The molecule has 3 rings (SSSR count). The smallest absolute Gasteiger partial charge is 0.166 e. The minimum atomic E-state index is 0.151. The van der Waals surface area contributed by atoms with Crippen molar-refractivity contribution in [2.45, 2.75) is 33.1 Å². The second-order valence-corrected chi connectivity index (χ2v) is 7.90. The molecule has 29 heavy (non-hydrogen) atoms.